The molecule has 0 radical (unpaired) electrons. The van der Waals surface area contributed by atoms with Crippen LogP contribution in [-0.4, -0.2) is 4.57 Å². The van der Waals surface area contributed by atoms with Crippen molar-refractivity contribution in [2.45, 2.75) is 0 Å². The summed E-state index contributed by atoms with van der Waals surface area (Å²) < 4.78 is 2.41. The van der Waals surface area contributed by atoms with Crippen molar-refractivity contribution >= 4 is 71.2 Å². The molecule has 12 aromatic rings. The van der Waals surface area contributed by atoms with E-state index in [0.717, 1.165) is 39.4 Å². The lowest BCUT2D eigenvalue weighted by atomic mass is 9.93. The van der Waals surface area contributed by atoms with Crippen LogP contribution in [0.4, 0.5) is 17.1 Å². The minimum atomic E-state index is 1.07. The maximum absolute atomic E-state index is 2.45. The third-order valence-corrected chi connectivity index (χ3v) is 12.5. The second-order valence-corrected chi connectivity index (χ2v) is 16.1. The molecular formula is C60H40N2. The second-order valence-electron chi connectivity index (χ2n) is 16.1. The maximum Gasteiger partial charge on any atom is 0.0546 e. The van der Waals surface area contributed by atoms with Crippen LogP contribution in [0.5, 0.6) is 0 Å². The average Bonchev–Trinajstić information content (AvgIpc) is 3.69. The lowest BCUT2D eigenvalue weighted by Gasteiger charge is -2.29. The zero-order chi connectivity index (χ0) is 41.0. The predicted octanol–water partition coefficient (Wildman–Crippen LogP) is 16.7. The molecule has 0 aliphatic rings. The fourth-order valence-corrected chi connectivity index (χ4v) is 9.61. The molecule has 11 aromatic carbocycles. The summed E-state index contributed by atoms with van der Waals surface area (Å²) in [6, 6.07) is 88.7. The molecule has 0 aliphatic carbocycles. The summed E-state index contributed by atoms with van der Waals surface area (Å²) in [5, 5.41) is 10.00. The van der Waals surface area contributed by atoms with Gasteiger partial charge in [-0.25, -0.2) is 0 Å². The van der Waals surface area contributed by atoms with Gasteiger partial charge in [0.25, 0.3) is 0 Å². The monoisotopic (exact) mass is 788 g/mol. The standard InChI is InChI=1S/C60H40N2/c1-2-16-42(17-3-1)52-36-33-46(45-30-29-41-15-4-5-18-44(41)37-45)39-60(52)61(49-20-14-21-50(40-49)62-58-27-12-10-25-55(58)56-26-11-13-28-59(56)62)48-34-31-43(32-35-48)57-38-47-19-6-7-22-51(47)53-23-8-9-24-54(53)57/h1-40H. The van der Waals surface area contributed by atoms with Crippen LogP contribution in [-0.2, 0) is 0 Å². The summed E-state index contributed by atoms with van der Waals surface area (Å²) in [6.45, 7) is 0. The highest BCUT2D eigenvalue weighted by molar-refractivity contribution is 6.14. The molecule has 2 heteroatoms. The van der Waals surface area contributed by atoms with E-state index in [4.69, 9.17) is 0 Å². The van der Waals surface area contributed by atoms with Gasteiger partial charge in [-0.15, -0.1) is 0 Å². The number of fused-ring (bicyclic) bond motifs is 7. The predicted molar refractivity (Wildman–Crippen MR) is 264 cm³/mol. The van der Waals surface area contributed by atoms with Gasteiger partial charge in [0.05, 0.1) is 16.7 Å². The van der Waals surface area contributed by atoms with E-state index in [0.29, 0.717) is 0 Å². The summed E-state index contributed by atoms with van der Waals surface area (Å²) in [5.41, 5.74) is 13.8. The van der Waals surface area contributed by atoms with Crippen molar-refractivity contribution in [3.05, 3.63) is 243 Å². The Balaban J connectivity index is 1.09. The number of hydrogen-bond acceptors (Lipinski definition) is 1. The molecule has 0 saturated heterocycles. The third kappa shape index (κ3) is 6.04. The van der Waals surface area contributed by atoms with E-state index in [9.17, 15) is 0 Å². The quantitative estimate of drug-likeness (QED) is 0.146. The second kappa shape index (κ2) is 14.8. The van der Waals surface area contributed by atoms with Crippen molar-refractivity contribution in [1.29, 1.82) is 0 Å². The lowest BCUT2D eigenvalue weighted by molar-refractivity contribution is 1.17. The Morgan fingerprint density at radius 2 is 0.839 bits per heavy atom. The maximum atomic E-state index is 2.45. The van der Waals surface area contributed by atoms with Gasteiger partial charge in [-0.2, -0.15) is 0 Å². The van der Waals surface area contributed by atoms with E-state index in [-0.39, 0.29) is 0 Å². The number of aromatic nitrogens is 1. The fourth-order valence-electron chi connectivity index (χ4n) is 9.61. The van der Waals surface area contributed by atoms with Crippen LogP contribution in [0.15, 0.2) is 243 Å². The van der Waals surface area contributed by atoms with Gasteiger partial charge in [-0.05, 0) is 121 Å². The molecule has 2 nitrogen and oxygen atoms in total. The van der Waals surface area contributed by atoms with Gasteiger partial charge in [-0.1, -0.05) is 182 Å². The topological polar surface area (TPSA) is 8.17 Å². The number of hydrogen-bond donors (Lipinski definition) is 0. The lowest BCUT2D eigenvalue weighted by Crippen LogP contribution is -2.12. The Morgan fingerprint density at radius 1 is 0.274 bits per heavy atom. The number of anilines is 3. The Bertz CT molecular complexity index is 3580. The molecule has 0 fully saturated rings. The molecule has 0 saturated carbocycles. The van der Waals surface area contributed by atoms with Gasteiger partial charge < -0.3 is 9.47 Å². The smallest absolute Gasteiger partial charge is 0.0546 e. The van der Waals surface area contributed by atoms with E-state index in [1.54, 1.807) is 0 Å². The molecule has 0 bridgehead atoms. The van der Waals surface area contributed by atoms with Crippen LogP contribution in [0, 0.1) is 0 Å². The first-order chi connectivity index (χ1) is 30.7. The summed E-state index contributed by atoms with van der Waals surface area (Å²) in [6.07, 6.45) is 0. The summed E-state index contributed by atoms with van der Waals surface area (Å²) in [5.74, 6) is 0. The SMILES string of the molecule is c1ccc(-c2ccc(-c3ccc4ccccc4c3)cc2N(c2ccc(-c3cc4ccccc4c4ccccc34)cc2)c2cccc(-n3c4ccccc4c4ccccc43)c2)cc1. The molecule has 0 N–H and O–H groups in total. The normalized spacial score (nSPS) is 11.5. The van der Waals surface area contributed by atoms with E-state index >= 15 is 0 Å². The molecule has 1 heterocycles. The summed E-state index contributed by atoms with van der Waals surface area (Å²) in [7, 11) is 0. The molecular weight excluding hydrogens is 749 g/mol. The zero-order valence-electron chi connectivity index (χ0n) is 34.0. The highest BCUT2D eigenvalue weighted by atomic mass is 15.1. The molecule has 0 atom stereocenters. The highest BCUT2D eigenvalue weighted by Crippen LogP contribution is 2.45. The highest BCUT2D eigenvalue weighted by Gasteiger charge is 2.21. The van der Waals surface area contributed by atoms with Crippen LogP contribution in [0.25, 0.3) is 93.2 Å². The molecule has 290 valence electrons. The van der Waals surface area contributed by atoms with Gasteiger partial charge in [-0.3, -0.25) is 0 Å². The van der Waals surface area contributed by atoms with Crippen LogP contribution in [0.1, 0.15) is 0 Å². The average molecular weight is 789 g/mol. The van der Waals surface area contributed by atoms with Crippen LogP contribution in [0.2, 0.25) is 0 Å². The van der Waals surface area contributed by atoms with Crippen LogP contribution in [0.3, 0.4) is 0 Å². The van der Waals surface area contributed by atoms with Crippen molar-refractivity contribution < 1.29 is 0 Å². The number of rotatable bonds is 7. The first-order valence-corrected chi connectivity index (χ1v) is 21.3. The van der Waals surface area contributed by atoms with Crippen molar-refractivity contribution in [2.75, 3.05) is 4.90 Å². The van der Waals surface area contributed by atoms with Crippen molar-refractivity contribution in [3.63, 3.8) is 0 Å². The van der Waals surface area contributed by atoms with Gasteiger partial charge in [0, 0.05) is 33.4 Å². The first kappa shape index (κ1) is 35.7. The molecule has 0 unspecified atom stereocenters. The summed E-state index contributed by atoms with van der Waals surface area (Å²) >= 11 is 0. The number of nitrogens with zero attached hydrogens (tertiary/aromatic N) is 2. The minimum absolute atomic E-state index is 1.07. The van der Waals surface area contributed by atoms with Gasteiger partial charge >= 0.3 is 0 Å². The number of para-hydroxylation sites is 2. The number of benzene rings is 11. The Morgan fingerprint density at radius 3 is 1.60 bits per heavy atom. The molecule has 0 amide bonds. The van der Waals surface area contributed by atoms with E-state index < -0.39 is 0 Å². The Labute approximate surface area is 360 Å². The van der Waals surface area contributed by atoms with E-state index in [2.05, 4.69) is 252 Å². The van der Waals surface area contributed by atoms with Gasteiger partial charge in [0.1, 0.15) is 0 Å². The summed E-state index contributed by atoms with van der Waals surface area (Å²) in [4.78, 5) is 2.45. The van der Waals surface area contributed by atoms with Crippen LogP contribution < -0.4 is 4.90 Å². The van der Waals surface area contributed by atoms with Crippen molar-refractivity contribution in [3.8, 4) is 39.1 Å². The molecule has 62 heavy (non-hydrogen) atoms. The van der Waals surface area contributed by atoms with E-state index in [1.807, 2.05) is 0 Å². The van der Waals surface area contributed by atoms with Gasteiger partial charge in [0.15, 0.2) is 0 Å². The molecule has 0 spiro atoms. The largest absolute Gasteiger partial charge is 0.310 e. The Hall–Kier alpha value is -8.20. The molecule has 12 rings (SSSR count). The third-order valence-electron chi connectivity index (χ3n) is 12.5. The van der Waals surface area contributed by atoms with E-state index in [1.165, 1.54) is 70.8 Å². The van der Waals surface area contributed by atoms with Gasteiger partial charge in [0.2, 0.25) is 0 Å². The Kier molecular flexibility index (Phi) is 8.53. The van der Waals surface area contributed by atoms with Crippen molar-refractivity contribution in [2.24, 2.45) is 0 Å². The minimum Gasteiger partial charge on any atom is -0.310 e. The van der Waals surface area contributed by atoms with Crippen molar-refractivity contribution in [1.82, 2.24) is 4.57 Å². The fraction of sp³-hybridized carbons (Fsp3) is 0. The molecule has 1 aromatic heterocycles. The van der Waals surface area contributed by atoms with Crippen LogP contribution >= 0.6 is 0 Å². The zero-order valence-corrected chi connectivity index (χ0v) is 34.0. The first-order valence-electron chi connectivity index (χ1n) is 21.3. The molecule has 0 aliphatic heterocycles.